The fraction of sp³-hybridized carbons (Fsp3) is 0.333. The van der Waals surface area contributed by atoms with Crippen LogP contribution in [0.1, 0.15) is 37.7 Å². The van der Waals surface area contributed by atoms with Crippen molar-refractivity contribution < 1.29 is 18.3 Å². The largest absolute Gasteiger partial charge is 0.414 e. The Bertz CT molecular complexity index is 683. The minimum atomic E-state index is -1.05. The molecule has 1 aromatic carbocycles. The van der Waals surface area contributed by atoms with E-state index >= 15 is 0 Å². The van der Waals surface area contributed by atoms with E-state index in [1.165, 1.54) is 18.2 Å². The zero-order valence-corrected chi connectivity index (χ0v) is 12.6. The van der Waals surface area contributed by atoms with Gasteiger partial charge in [0.05, 0.1) is 5.41 Å². The molecule has 0 amide bonds. The van der Waals surface area contributed by atoms with Crippen molar-refractivity contribution in [3.8, 4) is 6.07 Å². The van der Waals surface area contributed by atoms with Gasteiger partial charge in [0.1, 0.15) is 6.07 Å². The normalized spacial score (nSPS) is 17.2. The lowest BCUT2D eigenvalue weighted by atomic mass is 9.69. The van der Waals surface area contributed by atoms with Crippen LogP contribution in [0.15, 0.2) is 42.7 Å². The zero-order valence-electron chi connectivity index (χ0n) is 12.6. The molecule has 1 fully saturated rings. The number of hydrogen-bond acceptors (Lipinski definition) is 3. The number of carbonyl (C=O) groups is 1. The Labute approximate surface area is 133 Å². The smallest absolute Gasteiger partial charge is 0.322 e. The van der Waals surface area contributed by atoms with Gasteiger partial charge in [-0.2, -0.15) is 5.26 Å². The molecule has 0 radical (unpaired) electrons. The minimum Gasteiger partial charge on any atom is -0.414 e. The Morgan fingerprint density at radius 3 is 2.52 bits per heavy atom. The first kappa shape index (κ1) is 16.9. The van der Waals surface area contributed by atoms with E-state index in [1.807, 2.05) is 0 Å². The summed E-state index contributed by atoms with van der Waals surface area (Å²) in [6, 6.07) is 5.25. The second kappa shape index (κ2) is 7.19. The number of benzene rings is 1. The van der Waals surface area contributed by atoms with Crippen LogP contribution in [0.25, 0.3) is 0 Å². The molecule has 1 aromatic rings. The van der Waals surface area contributed by atoms with Crippen LogP contribution in [0.2, 0.25) is 0 Å². The summed E-state index contributed by atoms with van der Waals surface area (Å²) >= 11 is 0. The third-order valence-electron chi connectivity index (χ3n) is 4.15. The van der Waals surface area contributed by atoms with Gasteiger partial charge in [0.25, 0.3) is 0 Å². The van der Waals surface area contributed by atoms with E-state index in [0.717, 1.165) is 31.4 Å². The topological polar surface area (TPSA) is 50.1 Å². The monoisotopic (exact) mass is 317 g/mol. The molecule has 5 heteroatoms. The summed E-state index contributed by atoms with van der Waals surface area (Å²) < 4.78 is 32.0. The van der Waals surface area contributed by atoms with Crippen molar-refractivity contribution in [2.75, 3.05) is 0 Å². The van der Waals surface area contributed by atoms with Gasteiger partial charge in [-0.05, 0) is 36.6 Å². The minimum absolute atomic E-state index is 0.169. The van der Waals surface area contributed by atoms with Crippen LogP contribution in [0.4, 0.5) is 8.78 Å². The number of nitrogens with zero attached hydrogens (tertiary/aromatic N) is 1. The van der Waals surface area contributed by atoms with Crippen molar-refractivity contribution in [1.29, 1.82) is 5.26 Å². The average Bonchev–Trinajstić information content (AvgIpc) is 2.57. The number of halogens is 2. The Kier molecular flexibility index (Phi) is 5.28. The molecular weight excluding hydrogens is 300 g/mol. The van der Waals surface area contributed by atoms with Gasteiger partial charge < -0.3 is 4.74 Å². The van der Waals surface area contributed by atoms with Crippen LogP contribution < -0.4 is 0 Å². The first-order valence-electron chi connectivity index (χ1n) is 7.44. The molecule has 2 rings (SSSR count). The summed E-state index contributed by atoms with van der Waals surface area (Å²) in [7, 11) is 0. The first-order valence-corrected chi connectivity index (χ1v) is 7.44. The Hall–Kier alpha value is -2.48. The number of carbonyl (C=O) groups excluding carboxylic acids is 1. The van der Waals surface area contributed by atoms with Gasteiger partial charge >= 0.3 is 5.97 Å². The maximum Gasteiger partial charge on any atom is 0.322 e. The molecule has 0 spiro atoms. The quantitative estimate of drug-likeness (QED) is 0.360. The Morgan fingerprint density at radius 1 is 1.26 bits per heavy atom. The van der Waals surface area contributed by atoms with E-state index < -0.39 is 23.0 Å². The van der Waals surface area contributed by atoms with E-state index in [-0.39, 0.29) is 5.76 Å². The van der Waals surface area contributed by atoms with E-state index in [9.17, 15) is 13.6 Å². The highest BCUT2D eigenvalue weighted by atomic mass is 19.2. The molecule has 0 saturated heterocycles. The summed E-state index contributed by atoms with van der Waals surface area (Å²) in [4.78, 5) is 12.7. The predicted molar refractivity (Wildman–Crippen MR) is 81.1 cm³/mol. The van der Waals surface area contributed by atoms with Crippen LogP contribution >= 0.6 is 0 Å². The van der Waals surface area contributed by atoms with Crippen molar-refractivity contribution in [3.63, 3.8) is 0 Å². The van der Waals surface area contributed by atoms with Gasteiger partial charge in [0.2, 0.25) is 5.76 Å². The van der Waals surface area contributed by atoms with Gasteiger partial charge in [-0.3, -0.25) is 4.79 Å². The standard InChI is InChI=1S/C18H17F2NO2/c1-2-6-14(12-21)23-17(22)18(9-4-3-5-10-18)13-7-8-15(19)16(20)11-13/h2,6-8,11H,1,3-5,9-10H2. The fourth-order valence-corrected chi connectivity index (χ4v) is 2.96. The highest BCUT2D eigenvalue weighted by molar-refractivity contribution is 5.84. The number of allylic oxidation sites excluding steroid dienone is 3. The molecule has 0 heterocycles. The van der Waals surface area contributed by atoms with Gasteiger partial charge in [-0.1, -0.05) is 38.0 Å². The average molecular weight is 317 g/mol. The van der Waals surface area contributed by atoms with Crippen LogP contribution in [0.5, 0.6) is 0 Å². The van der Waals surface area contributed by atoms with Gasteiger partial charge in [0, 0.05) is 0 Å². The molecule has 0 atom stereocenters. The van der Waals surface area contributed by atoms with Crippen molar-refractivity contribution in [2.45, 2.75) is 37.5 Å². The lowest BCUT2D eigenvalue weighted by Crippen LogP contribution is -2.39. The van der Waals surface area contributed by atoms with E-state index in [4.69, 9.17) is 10.00 Å². The lowest BCUT2D eigenvalue weighted by molar-refractivity contribution is -0.147. The van der Waals surface area contributed by atoms with Gasteiger partial charge in [-0.25, -0.2) is 8.78 Å². The molecule has 0 aromatic heterocycles. The molecule has 1 saturated carbocycles. The Balaban J connectivity index is 2.41. The highest BCUT2D eigenvalue weighted by Gasteiger charge is 2.43. The molecular formula is C18H17F2NO2. The van der Waals surface area contributed by atoms with Gasteiger partial charge in [0.15, 0.2) is 11.6 Å². The summed E-state index contributed by atoms with van der Waals surface area (Å²) in [5.41, 5.74) is -0.666. The van der Waals surface area contributed by atoms with Crippen LogP contribution in [0.3, 0.4) is 0 Å². The summed E-state index contributed by atoms with van der Waals surface area (Å²) in [6.07, 6.45) is 6.11. The van der Waals surface area contributed by atoms with Crippen LogP contribution in [-0.4, -0.2) is 5.97 Å². The number of rotatable bonds is 4. The van der Waals surface area contributed by atoms with Crippen molar-refractivity contribution >= 4 is 5.97 Å². The first-order chi connectivity index (χ1) is 11.0. The molecule has 0 N–H and O–H groups in total. The van der Waals surface area contributed by atoms with Crippen molar-refractivity contribution in [3.05, 3.63) is 59.9 Å². The SMILES string of the molecule is C=CC=C(C#N)OC(=O)C1(c2ccc(F)c(F)c2)CCCCC1. The number of ether oxygens (including phenoxy) is 1. The van der Waals surface area contributed by atoms with Crippen molar-refractivity contribution in [1.82, 2.24) is 0 Å². The van der Waals surface area contributed by atoms with Crippen molar-refractivity contribution in [2.24, 2.45) is 0 Å². The summed E-state index contributed by atoms with van der Waals surface area (Å²) in [5.74, 6) is -2.74. The van der Waals surface area contributed by atoms with Crippen LogP contribution in [-0.2, 0) is 14.9 Å². The maximum absolute atomic E-state index is 13.6. The van der Waals surface area contributed by atoms with Gasteiger partial charge in [-0.15, -0.1) is 0 Å². The van der Waals surface area contributed by atoms with Crippen LogP contribution in [0, 0.1) is 23.0 Å². The van der Waals surface area contributed by atoms with E-state index in [0.29, 0.717) is 18.4 Å². The molecule has 0 unspecified atom stereocenters. The zero-order chi connectivity index (χ0) is 16.9. The molecule has 0 bridgehead atoms. The maximum atomic E-state index is 13.6. The second-order valence-electron chi connectivity index (χ2n) is 5.54. The molecule has 23 heavy (non-hydrogen) atoms. The fourth-order valence-electron chi connectivity index (χ4n) is 2.96. The van der Waals surface area contributed by atoms with E-state index in [1.54, 1.807) is 6.07 Å². The molecule has 3 nitrogen and oxygen atoms in total. The number of esters is 1. The van der Waals surface area contributed by atoms with E-state index in [2.05, 4.69) is 6.58 Å². The highest BCUT2D eigenvalue weighted by Crippen LogP contribution is 2.41. The molecule has 120 valence electrons. The third-order valence-corrected chi connectivity index (χ3v) is 4.15. The molecule has 0 aliphatic heterocycles. The lowest BCUT2D eigenvalue weighted by Gasteiger charge is -2.35. The molecule has 1 aliphatic carbocycles. The third kappa shape index (κ3) is 3.48. The predicted octanol–water partition coefficient (Wildman–Crippen LogP) is 4.30. The molecule has 1 aliphatic rings. The summed E-state index contributed by atoms with van der Waals surface area (Å²) in [6.45, 7) is 3.45. The number of hydrogen-bond donors (Lipinski definition) is 0. The summed E-state index contributed by atoms with van der Waals surface area (Å²) in [5, 5.41) is 8.99. The number of nitriles is 1. The Morgan fingerprint density at radius 2 is 1.96 bits per heavy atom. The second-order valence-corrected chi connectivity index (χ2v) is 5.54.